The van der Waals surface area contributed by atoms with Gasteiger partial charge < -0.3 is 15.0 Å². The van der Waals surface area contributed by atoms with E-state index in [9.17, 15) is 9.59 Å². The first-order chi connectivity index (χ1) is 14.6. The topological polar surface area (TPSA) is 61.9 Å². The number of nitrogens with zero attached hydrogens (tertiary/aromatic N) is 2. The molecule has 1 aliphatic carbocycles. The number of carbonyl (C=O) groups excluding carboxylic acids is 2. The van der Waals surface area contributed by atoms with E-state index in [0.29, 0.717) is 31.0 Å². The van der Waals surface area contributed by atoms with Gasteiger partial charge in [-0.05, 0) is 55.9 Å². The summed E-state index contributed by atoms with van der Waals surface area (Å²) in [5.74, 6) is 3.07. The number of thioether (sulfide) groups is 1. The highest BCUT2D eigenvalue weighted by Crippen LogP contribution is 2.34. The van der Waals surface area contributed by atoms with Crippen LogP contribution in [0.25, 0.3) is 0 Å². The third-order valence-corrected chi connectivity index (χ3v) is 7.77. The average Bonchev–Trinajstić information content (AvgIpc) is 3.33. The lowest BCUT2D eigenvalue weighted by Gasteiger charge is -2.35. The Morgan fingerprint density at radius 2 is 1.97 bits per heavy atom. The summed E-state index contributed by atoms with van der Waals surface area (Å²) in [5.41, 5.74) is 2.38. The molecule has 1 saturated carbocycles. The minimum absolute atomic E-state index is 0.0613. The van der Waals surface area contributed by atoms with Gasteiger partial charge in [0.15, 0.2) is 0 Å². The second-order valence-electron chi connectivity index (χ2n) is 8.70. The normalized spacial score (nSPS) is 29.8. The zero-order valence-corrected chi connectivity index (χ0v) is 18.1. The molecule has 2 saturated heterocycles. The third kappa shape index (κ3) is 3.73. The van der Waals surface area contributed by atoms with Crippen molar-refractivity contribution in [3.63, 3.8) is 0 Å². The number of rotatable bonds is 4. The van der Waals surface area contributed by atoms with Crippen LogP contribution in [0.15, 0.2) is 30.5 Å². The number of benzene rings is 1. The summed E-state index contributed by atoms with van der Waals surface area (Å²) in [7, 11) is 0. The molecule has 6 nitrogen and oxygen atoms in total. The van der Waals surface area contributed by atoms with Gasteiger partial charge in [-0.1, -0.05) is 6.58 Å². The van der Waals surface area contributed by atoms with E-state index in [-0.39, 0.29) is 17.9 Å². The lowest BCUT2D eigenvalue weighted by molar-refractivity contribution is -0.126. The number of hydrogen-bond acceptors (Lipinski definition) is 5. The van der Waals surface area contributed by atoms with E-state index < -0.39 is 6.04 Å². The summed E-state index contributed by atoms with van der Waals surface area (Å²) >= 11 is 2.04. The maximum Gasteiger partial charge on any atom is 0.255 e. The molecule has 0 bridgehead atoms. The van der Waals surface area contributed by atoms with E-state index in [4.69, 9.17) is 4.74 Å². The molecular formula is C23H29N3O3S. The second-order valence-corrected chi connectivity index (χ2v) is 9.93. The Morgan fingerprint density at radius 1 is 1.13 bits per heavy atom. The smallest absolute Gasteiger partial charge is 0.255 e. The highest BCUT2D eigenvalue weighted by Gasteiger charge is 2.39. The Labute approximate surface area is 182 Å². The summed E-state index contributed by atoms with van der Waals surface area (Å²) in [6, 6.07) is 5.87. The molecule has 30 heavy (non-hydrogen) atoms. The Morgan fingerprint density at radius 3 is 2.77 bits per heavy atom. The molecule has 160 valence electrons. The Balaban J connectivity index is 1.28. The van der Waals surface area contributed by atoms with Crippen LogP contribution in [0.5, 0.6) is 5.75 Å². The maximum absolute atomic E-state index is 12.9. The first kappa shape index (κ1) is 19.9. The third-order valence-electron chi connectivity index (χ3n) is 6.83. The van der Waals surface area contributed by atoms with E-state index >= 15 is 0 Å². The SMILES string of the molecule is C=C1CCC(N2Cc3cc(O[C@@H]4CCC[C@H]4N4CCSCC4)ccc3C2=O)C(=O)N1. The van der Waals surface area contributed by atoms with Crippen LogP contribution in [0.4, 0.5) is 0 Å². The van der Waals surface area contributed by atoms with Crippen LogP contribution in [0.3, 0.4) is 0 Å². The van der Waals surface area contributed by atoms with Gasteiger partial charge in [0.05, 0.1) is 0 Å². The van der Waals surface area contributed by atoms with Gasteiger partial charge in [-0.15, -0.1) is 0 Å². The number of hydrogen-bond donors (Lipinski definition) is 1. The zero-order valence-electron chi connectivity index (χ0n) is 17.3. The molecule has 4 aliphatic rings. The first-order valence-electron chi connectivity index (χ1n) is 11.0. The molecule has 2 amide bonds. The van der Waals surface area contributed by atoms with Crippen LogP contribution in [-0.2, 0) is 11.3 Å². The molecule has 3 atom stereocenters. The van der Waals surface area contributed by atoms with Gasteiger partial charge in [-0.3, -0.25) is 14.5 Å². The molecule has 0 spiro atoms. The highest BCUT2D eigenvalue weighted by molar-refractivity contribution is 7.99. The molecule has 3 heterocycles. The predicted octanol–water partition coefficient (Wildman–Crippen LogP) is 2.78. The first-order valence-corrected chi connectivity index (χ1v) is 12.2. The predicted molar refractivity (Wildman–Crippen MR) is 118 cm³/mol. The van der Waals surface area contributed by atoms with Crippen molar-refractivity contribution in [3.8, 4) is 5.75 Å². The molecular weight excluding hydrogens is 398 g/mol. The Bertz CT molecular complexity index is 867. The highest BCUT2D eigenvalue weighted by atomic mass is 32.2. The fourth-order valence-corrected chi connectivity index (χ4v) is 6.18. The number of ether oxygens (including phenoxy) is 1. The number of amides is 2. The second kappa shape index (κ2) is 8.27. The van der Waals surface area contributed by atoms with Gasteiger partial charge in [0.1, 0.15) is 17.9 Å². The van der Waals surface area contributed by atoms with Crippen molar-refractivity contribution in [1.82, 2.24) is 15.1 Å². The fourth-order valence-electron chi connectivity index (χ4n) is 5.25. The summed E-state index contributed by atoms with van der Waals surface area (Å²) in [5, 5.41) is 2.79. The van der Waals surface area contributed by atoms with Crippen LogP contribution in [0.2, 0.25) is 0 Å². The average molecular weight is 428 g/mol. The van der Waals surface area contributed by atoms with E-state index in [0.717, 1.165) is 36.5 Å². The minimum atomic E-state index is -0.420. The number of carbonyl (C=O) groups is 2. The summed E-state index contributed by atoms with van der Waals surface area (Å²) in [6.45, 7) is 6.60. The molecule has 1 aromatic carbocycles. The molecule has 7 heteroatoms. The van der Waals surface area contributed by atoms with Crippen LogP contribution >= 0.6 is 11.8 Å². The van der Waals surface area contributed by atoms with Crippen molar-refractivity contribution in [3.05, 3.63) is 41.6 Å². The molecule has 0 aromatic heterocycles. The summed E-state index contributed by atoms with van der Waals surface area (Å²) < 4.78 is 6.45. The molecule has 5 rings (SSSR count). The molecule has 1 N–H and O–H groups in total. The van der Waals surface area contributed by atoms with Gasteiger partial charge in [0.25, 0.3) is 5.91 Å². The van der Waals surface area contributed by atoms with Crippen LogP contribution < -0.4 is 10.1 Å². The van der Waals surface area contributed by atoms with E-state index in [1.54, 1.807) is 4.90 Å². The lowest BCUT2D eigenvalue weighted by Crippen LogP contribution is -2.49. The molecule has 3 fully saturated rings. The van der Waals surface area contributed by atoms with Gasteiger partial charge in [-0.2, -0.15) is 11.8 Å². The van der Waals surface area contributed by atoms with Crippen LogP contribution in [0, 0.1) is 0 Å². The van der Waals surface area contributed by atoms with Crippen molar-refractivity contribution >= 4 is 23.6 Å². The van der Waals surface area contributed by atoms with Gasteiger partial charge in [0, 0.05) is 48.4 Å². The quantitative estimate of drug-likeness (QED) is 0.801. The summed E-state index contributed by atoms with van der Waals surface area (Å²) in [6.07, 6.45) is 5.05. The van der Waals surface area contributed by atoms with E-state index in [1.165, 1.54) is 24.3 Å². The number of piperidine rings is 1. The largest absolute Gasteiger partial charge is 0.489 e. The zero-order chi connectivity index (χ0) is 20.7. The van der Waals surface area contributed by atoms with Crippen LogP contribution in [0.1, 0.15) is 48.0 Å². The fraction of sp³-hybridized carbons (Fsp3) is 0.565. The lowest BCUT2D eigenvalue weighted by atomic mass is 10.0. The van der Waals surface area contributed by atoms with Gasteiger partial charge >= 0.3 is 0 Å². The Hall–Kier alpha value is -1.99. The number of fused-ring (bicyclic) bond motifs is 1. The minimum Gasteiger partial charge on any atom is -0.489 e. The monoisotopic (exact) mass is 427 g/mol. The van der Waals surface area contributed by atoms with Crippen LogP contribution in [-0.4, -0.2) is 64.4 Å². The molecule has 3 aliphatic heterocycles. The van der Waals surface area contributed by atoms with E-state index in [1.807, 2.05) is 30.0 Å². The van der Waals surface area contributed by atoms with Gasteiger partial charge in [0.2, 0.25) is 5.91 Å². The maximum atomic E-state index is 12.9. The number of nitrogens with one attached hydrogen (secondary N) is 1. The Kier molecular flexibility index (Phi) is 5.50. The molecule has 0 radical (unpaired) electrons. The summed E-state index contributed by atoms with van der Waals surface area (Å²) in [4.78, 5) is 29.6. The molecule has 1 unspecified atom stereocenters. The van der Waals surface area contributed by atoms with Gasteiger partial charge in [-0.25, -0.2) is 0 Å². The van der Waals surface area contributed by atoms with Crippen molar-refractivity contribution in [1.29, 1.82) is 0 Å². The van der Waals surface area contributed by atoms with Crippen molar-refractivity contribution in [2.24, 2.45) is 0 Å². The van der Waals surface area contributed by atoms with Crippen molar-refractivity contribution < 1.29 is 14.3 Å². The standard InChI is InChI=1S/C23H29N3O3S/c1-15-5-8-20(22(27)24-15)26-14-16-13-17(6-7-18(16)23(26)28)29-21-4-2-3-19(21)25-9-11-30-12-10-25/h6-7,13,19-21H,1-5,8-12,14H2,(H,24,27)/t19-,20?,21-/m1/s1. The number of allylic oxidation sites excluding steroid dienone is 1. The van der Waals surface area contributed by atoms with Crippen molar-refractivity contribution in [2.75, 3.05) is 24.6 Å². The van der Waals surface area contributed by atoms with Crippen molar-refractivity contribution in [2.45, 2.75) is 56.8 Å². The van der Waals surface area contributed by atoms with E-state index in [2.05, 4.69) is 16.8 Å². The molecule has 1 aromatic rings.